The highest BCUT2D eigenvalue weighted by molar-refractivity contribution is 5.93. The van der Waals surface area contributed by atoms with Gasteiger partial charge < -0.3 is 5.41 Å². The molecule has 0 radical (unpaired) electrons. The van der Waals surface area contributed by atoms with E-state index in [-0.39, 0.29) is 11.7 Å². The molecule has 0 fully saturated rings. The summed E-state index contributed by atoms with van der Waals surface area (Å²) in [6.07, 6.45) is 6.43. The van der Waals surface area contributed by atoms with Gasteiger partial charge in [-0.3, -0.25) is 4.79 Å². The van der Waals surface area contributed by atoms with Crippen molar-refractivity contribution in [3.8, 4) is 0 Å². The molecule has 1 atom stereocenters. The molecule has 0 bridgehead atoms. The molecule has 0 rings (SSSR count). The molecule has 1 N–H and O–H groups in total. The summed E-state index contributed by atoms with van der Waals surface area (Å²) < 4.78 is 0. The van der Waals surface area contributed by atoms with Crippen molar-refractivity contribution < 1.29 is 4.79 Å². The van der Waals surface area contributed by atoms with Crippen molar-refractivity contribution in [3.63, 3.8) is 0 Å². The average molecular weight is 169 g/mol. The molecule has 0 saturated carbocycles. The van der Waals surface area contributed by atoms with Crippen molar-refractivity contribution in [3.05, 3.63) is 0 Å². The number of rotatable bonds is 7. The molecule has 0 aliphatic heterocycles. The fourth-order valence-electron chi connectivity index (χ4n) is 1.05. The molecule has 0 aromatic rings. The van der Waals surface area contributed by atoms with Crippen LogP contribution in [0, 0.1) is 11.3 Å². The Balaban J connectivity index is 3.37. The van der Waals surface area contributed by atoms with Crippen LogP contribution in [0.1, 0.15) is 46.0 Å². The highest BCUT2D eigenvalue weighted by Gasteiger charge is 2.08. The van der Waals surface area contributed by atoms with E-state index in [1.54, 1.807) is 6.92 Å². The predicted octanol–water partition coefficient (Wildman–Crippen LogP) is 2.81. The van der Waals surface area contributed by atoms with Gasteiger partial charge in [0, 0.05) is 18.6 Å². The summed E-state index contributed by atoms with van der Waals surface area (Å²) in [5.41, 5.74) is 0. The summed E-state index contributed by atoms with van der Waals surface area (Å²) in [6, 6.07) is 0. The Morgan fingerprint density at radius 3 is 2.58 bits per heavy atom. The smallest absolute Gasteiger partial charge is 0.140 e. The lowest BCUT2D eigenvalue weighted by Gasteiger charge is -2.02. The standard InChI is InChI=1S/C10H19NO/c1-3-4-5-6-7-10(12)9(2)8-11/h8-9,11H,3-7H2,1-2H3. The summed E-state index contributed by atoms with van der Waals surface area (Å²) in [4.78, 5) is 11.2. The minimum absolute atomic E-state index is 0.174. The van der Waals surface area contributed by atoms with Crippen molar-refractivity contribution in [1.82, 2.24) is 0 Å². The van der Waals surface area contributed by atoms with Gasteiger partial charge in [-0.05, 0) is 6.42 Å². The maximum Gasteiger partial charge on any atom is 0.140 e. The van der Waals surface area contributed by atoms with Crippen molar-refractivity contribution >= 4 is 12.0 Å². The first-order valence-corrected chi connectivity index (χ1v) is 4.75. The molecular weight excluding hydrogens is 150 g/mol. The molecule has 2 nitrogen and oxygen atoms in total. The molecular formula is C10H19NO. The average Bonchev–Trinajstić information content (AvgIpc) is 2.10. The molecule has 0 heterocycles. The van der Waals surface area contributed by atoms with E-state index in [0.717, 1.165) is 12.8 Å². The van der Waals surface area contributed by atoms with E-state index in [2.05, 4.69) is 6.92 Å². The van der Waals surface area contributed by atoms with Crippen LogP contribution in [0.2, 0.25) is 0 Å². The van der Waals surface area contributed by atoms with Crippen LogP contribution in [-0.2, 0) is 4.79 Å². The van der Waals surface area contributed by atoms with E-state index in [1.165, 1.54) is 19.1 Å². The minimum atomic E-state index is -0.174. The third-order valence-electron chi connectivity index (χ3n) is 2.03. The van der Waals surface area contributed by atoms with Crippen LogP contribution in [0.25, 0.3) is 0 Å². The van der Waals surface area contributed by atoms with Crippen LogP contribution >= 0.6 is 0 Å². The number of ketones is 1. The number of Topliss-reactive ketones (excluding diaryl/α,β-unsaturated/α-hetero) is 1. The Hall–Kier alpha value is -0.660. The van der Waals surface area contributed by atoms with Crippen LogP contribution in [0.5, 0.6) is 0 Å². The lowest BCUT2D eigenvalue weighted by atomic mass is 10.0. The van der Waals surface area contributed by atoms with Gasteiger partial charge >= 0.3 is 0 Å². The molecule has 2 heteroatoms. The SMILES string of the molecule is CCCCCCC(=O)C(C)C=N. The monoisotopic (exact) mass is 169 g/mol. The molecule has 0 amide bonds. The second kappa shape index (κ2) is 7.01. The Morgan fingerprint density at radius 2 is 2.08 bits per heavy atom. The third kappa shape index (κ3) is 5.05. The van der Waals surface area contributed by atoms with Gasteiger partial charge in [0.25, 0.3) is 0 Å². The van der Waals surface area contributed by atoms with Gasteiger partial charge in [0.05, 0.1) is 0 Å². The van der Waals surface area contributed by atoms with Gasteiger partial charge in [-0.25, -0.2) is 0 Å². The van der Waals surface area contributed by atoms with Gasteiger partial charge in [-0.15, -0.1) is 0 Å². The quantitative estimate of drug-likeness (QED) is 0.462. The second-order valence-electron chi connectivity index (χ2n) is 3.23. The number of hydrogen-bond donors (Lipinski definition) is 1. The number of unbranched alkanes of at least 4 members (excludes halogenated alkanes) is 3. The van der Waals surface area contributed by atoms with Crippen LogP contribution in [-0.4, -0.2) is 12.0 Å². The van der Waals surface area contributed by atoms with Gasteiger partial charge in [0.2, 0.25) is 0 Å². The van der Waals surface area contributed by atoms with Crippen molar-refractivity contribution in [1.29, 1.82) is 5.41 Å². The summed E-state index contributed by atoms with van der Waals surface area (Å²) in [7, 11) is 0. The van der Waals surface area contributed by atoms with Gasteiger partial charge in [-0.2, -0.15) is 0 Å². The number of carbonyl (C=O) groups is 1. The lowest BCUT2D eigenvalue weighted by Crippen LogP contribution is -2.11. The molecule has 0 aliphatic rings. The molecule has 0 saturated heterocycles. The van der Waals surface area contributed by atoms with E-state index < -0.39 is 0 Å². The highest BCUT2D eigenvalue weighted by atomic mass is 16.1. The van der Waals surface area contributed by atoms with Crippen LogP contribution in [0.3, 0.4) is 0 Å². The summed E-state index contributed by atoms with van der Waals surface area (Å²) in [5.74, 6) is 0.0349. The van der Waals surface area contributed by atoms with Crippen LogP contribution in [0.15, 0.2) is 0 Å². The van der Waals surface area contributed by atoms with E-state index in [4.69, 9.17) is 5.41 Å². The van der Waals surface area contributed by atoms with Crippen molar-refractivity contribution in [2.45, 2.75) is 46.0 Å². The van der Waals surface area contributed by atoms with Gasteiger partial charge in [0.15, 0.2) is 0 Å². The van der Waals surface area contributed by atoms with Crippen molar-refractivity contribution in [2.75, 3.05) is 0 Å². The second-order valence-corrected chi connectivity index (χ2v) is 3.23. The topological polar surface area (TPSA) is 40.9 Å². The largest absolute Gasteiger partial charge is 0.312 e. The summed E-state index contributed by atoms with van der Waals surface area (Å²) >= 11 is 0. The number of hydrogen-bond acceptors (Lipinski definition) is 2. The Labute approximate surface area is 74.9 Å². The fourth-order valence-corrected chi connectivity index (χ4v) is 1.05. The third-order valence-corrected chi connectivity index (χ3v) is 2.03. The first-order chi connectivity index (χ1) is 5.72. The number of carbonyl (C=O) groups excluding carboxylic acids is 1. The molecule has 0 aromatic carbocycles. The Kier molecular flexibility index (Phi) is 6.63. The molecule has 1 unspecified atom stereocenters. The molecule has 0 spiro atoms. The lowest BCUT2D eigenvalue weighted by molar-refractivity contribution is -0.120. The molecule has 70 valence electrons. The Morgan fingerprint density at radius 1 is 1.42 bits per heavy atom. The zero-order chi connectivity index (χ0) is 9.40. The normalized spacial score (nSPS) is 12.5. The van der Waals surface area contributed by atoms with E-state index in [0.29, 0.717) is 6.42 Å². The summed E-state index contributed by atoms with van der Waals surface area (Å²) in [6.45, 7) is 3.94. The maximum absolute atomic E-state index is 11.2. The zero-order valence-corrected chi connectivity index (χ0v) is 8.10. The first-order valence-electron chi connectivity index (χ1n) is 4.75. The van der Waals surface area contributed by atoms with Crippen LogP contribution < -0.4 is 0 Å². The molecule has 12 heavy (non-hydrogen) atoms. The van der Waals surface area contributed by atoms with Crippen LogP contribution in [0.4, 0.5) is 0 Å². The van der Waals surface area contributed by atoms with E-state index in [1.807, 2.05) is 0 Å². The highest BCUT2D eigenvalue weighted by Crippen LogP contribution is 2.06. The van der Waals surface area contributed by atoms with E-state index in [9.17, 15) is 4.79 Å². The Bertz CT molecular complexity index is 143. The fraction of sp³-hybridized carbons (Fsp3) is 0.800. The van der Waals surface area contributed by atoms with Crippen molar-refractivity contribution in [2.24, 2.45) is 5.92 Å². The number of nitrogens with one attached hydrogen (secondary N) is 1. The van der Waals surface area contributed by atoms with Gasteiger partial charge in [0.1, 0.15) is 5.78 Å². The first kappa shape index (κ1) is 11.3. The zero-order valence-electron chi connectivity index (χ0n) is 8.10. The van der Waals surface area contributed by atoms with E-state index >= 15 is 0 Å². The predicted molar refractivity (Wildman–Crippen MR) is 51.7 cm³/mol. The maximum atomic E-state index is 11.2. The molecule has 0 aliphatic carbocycles. The molecule has 0 aromatic heterocycles. The van der Waals surface area contributed by atoms with Gasteiger partial charge in [-0.1, -0.05) is 33.1 Å². The summed E-state index contributed by atoms with van der Waals surface area (Å²) in [5, 5.41) is 6.91. The minimum Gasteiger partial charge on any atom is -0.312 e.